The summed E-state index contributed by atoms with van der Waals surface area (Å²) in [7, 11) is -3.64. The number of H-pyrrole nitrogens is 1. The number of aromatic amines is 1. The molecule has 0 aromatic carbocycles. The molecule has 1 fully saturated rings. The normalized spacial score (nSPS) is 23.9. The highest BCUT2D eigenvalue weighted by atomic mass is 32.2. The van der Waals surface area contributed by atoms with Crippen LogP contribution in [0.15, 0.2) is 4.90 Å². The number of aliphatic hydroxyl groups is 1. The van der Waals surface area contributed by atoms with Crippen LogP contribution in [0.3, 0.4) is 0 Å². The van der Waals surface area contributed by atoms with E-state index in [1.54, 1.807) is 6.92 Å². The highest BCUT2D eigenvalue weighted by molar-refractivity contribution is 7.89. The van der Waals surface area contributed by atoms with E-state index in [0.717, 1.165) is 25.7 Å². The van der Waals surface area contributed by atoms with E-state index in [1.807, 2.05) is 0 Å². The molecule has 1 aliphatic carbocycles. The zero-order chi connectivity index (χ0) is 14.8. The zero-order valence-corrected chi connectivity index (χ0v) is 12.8. The largest absolute Gasteiger partial charge is 0.390 e. The van der Waals surface area contributed by atoms with Gasteiger partial charge in [-0.2, -0.15) is 5.10 Å². The maximum atomic E-state index is 12.5. The minimum Gasteiger partial charge on any atom is -0.390 e. The van der Waals surface area contributed by atoms with Crippen LogP contribution in [0.5, 0.6) is 0 Å². The second-order valence-corrected chi connectivity index (χ2v) is 7.11. The monoisotopic (exact) mass is 301 g/mol. The average Bonchev–Trinajstić information content (AvgIpc) is 2.81. The lowest BCUT2D eigenvalue weighted by atomic mass is 9.83. The van der Waals surface area contributed by atoms with Gasteiger partial charge in [0.15, 0.2) is 0 Å². The predicted molar refractivity (Wildman–Crippen MR) is 75.6 cm³/mol. The van der Waals surface area contributed by atoms with E-state index in [0.29, 0.717) is 11.6 Å². The maximum absolute atomic E-state index is 12.5. The van der Waals surface area contributed by atoms with Gasteiger partial charge in [0, 0.05) is 6.04 Å². The van der Waals surface area contributed by atoms with E-state index in [9.17, 15) is 13.5 Å². The molecule has 3 N–H and O–H groups in total. The standard InChI is InChI=1S/C13H23N3O3S/c1-3-10-6-4-5-7-11(10)16-20(18,19)13-9(2)14-15-12(13)8-17/h10-11,16-17H,3-8H2,1-2H3,(H,14,15). The van der Waals surface area contributed by atoms with Gasteiger partial charge in [0.05, 0.1) is 12.3 Å². The number of aromatic nitrogens is 2. The van der Waals surface area contributed by atoms with E-state index in [-0.39, 0.29) is 23.2 Å². The minimum absolute atomic E-state index is 0.0143. The smallest absolute Gasteiger partial charge is 0.244 e. The Hall–Kier alpha value is -0.920. The summed E-state index contributed by atoms with van der Waals surface area (Å²) >= 11 is 0. The summed E-state index contributed by atoms with van der Waals surface area (Å²) in [6, 6.07) is -0.0143. The SMILES string of the molecule is CCC1CCCCC1NS(=O)(=O)c1c(CO)n[nH]c1C. The van der Waals surface area contributed by atoms with Gasteiger partial charge in [-0.05, 0) is 25.7 Å². The molecule has 0 amide bonds. The number of sulfonamides is 1. The van der Waals surface area contributed by atoms with Crippen molar-refractivity contribution in [3.8, 4) is 0 Å². The quantitative estimate of drug-likeness (QED) is 0.767. The Balaban J connectivity index is 2.24. The fraction of sp³-hybridized carbons (Fsp3) is 0.769. The molecular weight excluding hydrogens is 278 g/mol. The van der Waals surface area contributed by atoms with E-state index < -0.39 is 10.0 Å². The van der Waals surface area contributed by atoms with Crippen LogP contribution in [0.25, 0.3) is 0 Å². The Morgan fingerprint density at radius 1 is 1.40 bits per heavy atom. The Morgan fingerprint density at radius 3 is 2.75 bits per heavy atom. The number of nitrogens with zero attached hydrogens (tertiary/aromatic N) is 1. The molecule has 1 aromatic rings. The molecule has 7 heteroatoms. The van der Waals surface area contributed by atoms with Crippen LogP contribution in [-0.4, -0.2) is 29.8 Å². The van der Waals surface area contributed by atoms with Crippen LogP contribution in [0.1, 0.15) is 50.4 Å². The number of hydrogen-bond acceptors (Lipinski definition) is 4. The molecule has 1 heterocycles. The van der Waals surface area contributed by atoms with Crippen LogP contribution < -0.4 is 4.72 Å². The third-order valence-electron chi connectivity index (χ3n) is 4.12. The molecule has 0 spiro atoms. The van der Waals surface area contributed by atoms with Crippen molar-refractivity contribution in [2.75, 3.05) is 0 Å². The fourth-order valence-electron chi connectivity index (χ4n) is 3.04. The van der Waals surface area contributed by atoms with Crippen molar-refractivity contribution >= 4 is 10.0 Å². The summed E-state index contributed by atoms with van der Waals surface area (Å²) in [5.41, 5.74) is 0.643. The average molecular weight is 301 g/mol. The molecular formula is C13H23N3O3S. The van der Waals surface area contributed by atoms with E-state index in [4.69, 9.17) is 0 Å². The van der Waals surface area contributed by atoms with Crippen molar-refractivity contribution in [2.24, 2.45) is 5.92 Å². The summed E-state index contributed by atoms with van der Waals surface area (Å²) in [5, 5.41) is 15.7. The lowest BCUT2D eigenvalue weighted by Gasteiger charge is -2.31. The summed E-state index contributed by atoms with van der Waals surface area (Å²) in [6.45, 7) is 3.36. The van der Waals surface area contributed by atoms with Gasteiger partial charge in [0.1, 0.15) is 10.6 Å². The fourth-order valence-corrected chi connectivity index (χ4v) is 4.74. The third-order valence-corrected chi connectivity index (χ3v) is 5.81. The number of rotatable bonds is 5. The lowest BCUT2D eigenvalue weighted by molar-refractivity contribution is 0.272. The van der Waals surface area contributed by atoms with Crippen molar-refractivity contribution in [2.45, 2.75) is 63.5 Å². The molecule has 0 bridgehead atoms. The third kappa shape index (κ3) is 3.05. The van der Waals surface area contributed by atoms with Crippen LogP contribution in [0.2, 0.25) is 0 Å². The molecule has 6 nitrogen and oxygen atoms in total. The number of hydrogen-bond donors (Lipinski definition) is 3. The first-order valence-corrected chi connectivity index (χ1v) is 8.65. The summed E-state index contributed by atoms with van der Waals surface area (Å²) in [6.07, 6.45) is 5.15. The molecule has 0 saturated heterocycles. The maximum Gasteiger partial charge on any atom is 0.244 e. The van der Waals surface area contributed by atoms with Gasteiger partial charge < -0.3 is 5.11 Å². The molecule has 114 valence electrons. The van der Waals surface area contributed by atoms with Gasteiger partial charge in [-0.25, -0.2) is 13.1 Å². The first-order valence-electron chi connectivity index (χ1n) is 7.16. The van der Waals surface area contributed by atoms with E-state index >= 15 is 0 Å². The molecule has 2 rings (SSSR count). The van der Waals surface area contributed by atoms with E-state index in [1.165, 1.54) is 6.42 Å². The molecule has 2 atom stereocenters. The van der Waals surface area contributed by atoms with Crippen LogP contribution >= 0.6 is 0 Å². The zero-order valence-electron chi connectivity index (χ0n) is 12.0. The molecule has 0 aliphatic heterocycles. The second kappa shape index (κ2) is 6.24. The highest BCUT2D eigenvalue weighted by Crippen LogP contribution is 2.28. The Bertz CT molecular complexity index is 553. The van der Waals surface area contributed by atoms with Crippen molar-refractivity contribution in [3.05, 3.63) is 11.4 Å². The van der Waals surface area contributed by atoms with Gasteiger partial charge in [-0.1, -0.05) is 26.2 Å². The molecule has 1 saturated carbocycles. The minimum atomic E-state index is -3.64. The topological polar surface area (TPSA) is 95.1 Å². The van der Waals surface area contributed by atoms with Gasteiger partial charge in [-0.15, -0.1) is 0 Å². The van der Waals surface area contributed by atoms with Gasteiger partial charge in [0.25, 0.3) is 0 Å². The first-order chi connectivity index (χ1) is 9.49. The molecule has 1 aromatic heterocycles. The highest BCUT2D eigenvalue weighted by Gasteiger charge is 2.31. The van der Waals surface area contributed by atoms with Crippen LogP contribution in [0, 0.1) is 12.8 Å². The second-order valence-electron chi connectivity index (χ2n) is 5.46. The summed E-state index contributed by atoms with van der Waals surface area (Å²) in [5.74, 6) is 0.392. The van der Waals surface area contributed by atoms with Crippen molar-refractivity contribution in [1.82, 2.24) is 14.9 Å². The van der Waals surface area contributed by atoms with Crippen LogP contribution in [-0.2, 0) is 16.6 Å². The van der Waals surface area contributed by atoms with E-state index in [2.05, 4.69) is 21.8 Å². The molecule has 0 radical (unpaired) electrons. The molecule has 20 heavy (non-hydrogen) atoms. The number of nitrogens with one attached hydrogen (secondary N) is 2. The molecule has 2 unspecified atom stereocenters. The number of aryl methyl sites for hydroxylation is 1. The van der Waals surface area contributed by atoms with Crippen molar-refractivity contribution in [3.63, 3.8) is 0 Å². The predicted octanol–water partition coefficient (Wildman–Crippen LogP) is 1.46. The first kappa shape index (κ1) is 15.5. The van der Waals surface area contributed by atoms with Crippen LogP contribution in [0.4, 0.5) is 0 Å². The van der Waals surface area contributed by atoms with Gasteiger partial charge in [0.2, 0.25) is 10.0 Å². The Morgan fingerprint density at radius 2 is 2.10 bits per heavy atom. The van der Waals surface area contributed by atoms with Crippen molar-refractivity contribution in [1.29, 1.82) is 0 Å². The van der Waals surface area contributed by atoms with Gasteiger partial charge >= 0.3 is 0 Å². The van der Waals surface area contributed by atoms with Crippen molar-refractivity contribution < 1.29 is 13.5 Å². The number of aliphatic hydroxyl groups excluding tert-OH is 1. The summed E-state index contributed by atoms with van der Waals surface area (Å²) < 4.78 is 27.9. The van der Waals surface area contributed by atoms with Gasteiger partial charge in [-0.3, -0.25) is 5.10 Å². The Labute approximate surface area is 120 Å². The lowest BCUT2D eigenvalue weighted by Crippen LogP contribution is -2.42. The summed E-state index contributed by atoms with van der Waals surface area (Å²) in [4.78, 5) is 0.0976. The molecule has 1 aliphatic rings. The Kier molecular flexibility index (Phi) is 4.82.